The molecular formula is C12H20N4. The van der Waals surface area contributed by atoms with Gasteiger partial charge in [0.05, 0.1) is 17.6 Å². The van der Waals surface area contributed by atoms with Gasteiger partial charge in [0.15, 0.2) is 0 Å². The summed E-state index contributed by atoms with van der Waals surface area (Å²) in [5.41, 5.74) is 7.69. The summed E-state index contributed by atoms with van der Waals surface area (Å²) in [4.78, 5) is 9.11. The first-order valence-corrected chi connectivity index (χ1v) is 5.81. The van der Waals surface area contributed by atoms with Crippen LogP contribution in [0.2, 0.25) is 0 Å². The molecule has 1 aromatic rings. The van der Waals surface area contributed by atoms with Gasteiger partial charge in [0, 0.05) is 32.2 Å². The smallest absolute Gasteiger partial charge is 0.0553 e. The summed E-state index contributed by atoms with van der Waals surface area (Å²) in [6.45, 7) is 6.03. The van der Waals surface area contributed by atoms with Crippen LogP contribution < -0.4 is 10.6 Å². The van der Waals surface area contributed by atoms with Crippen molar-refractivity contribution in [1.82, 2.24) is 9.88 Å². The fraction of sp³-hybridized carbons (Fsp3) is 0.583. The Labute approximate surface area is 97.1 Å². The van der Waals surface area contributed by atoms with Crippen molar-refractivity contribution in [2.24, 2.45) is 5.73 Å². The molecular weight excluding hydrogens is 200 g/mol. The van der Waals surface area contributed by atoms with Gasteiger partial charge in [-0.25, -0.2) is 0 Å². The van der Waals surface area contributed by atoms with Crippen molar-refractivity contribution < 1.29 is 0 Å². The maximum Gasteiger partial charge on any atom is 0.0553 e. The molecule has 2 N–H and O–H groups in total. The number of aromatic nitrogens is 1. The van der Waals surface area contributed by atoms with Gasteiger partial charge in [-0.05, 0) is 26.1 Å². The number of pyridine rings is 1. The summed E-state index contributed by atoms with van der Waals surface area (Å²) in [5.74, 6) is 0. The van der Waals surface area contributed by atoms with Crippen molar-refractivity contribution in [2.45, 2.75) is 19.5 Å². The Hall–Kier alpha value is -1.13. The minimum Gasteiger partial charge on any atom is -0.367 e. The molecule has 0 radical (unpaired) electrons. The van der Waals surface area contributed by atoms with Crippen LogP contribution >= 0.6 is 0 Å². The predicted octanol–water partition coefficient (Wildman–Crippen LogP) is 0.681. The third-order valence-electron chi connectivity index (χ3n) is 3.34. The number of nitrogens with two attached hydrogens (primary N) is 1. The molecule has 4 heteroatoms. The van der Waals surface area contributed by atoms with Crippen molar-refractivity contribution in [1.29, 1.82) is 0 Å². The molecule has 1 aliphatic heterocycles. The van der Waals surface area contributed by atoms with Crippen LogP contribution in [-0.4, -0.2) is 42.6 Å². The summed E-state index contributed by atoms with van der Waals surface area (Å²) in [7, 11) is 2.18. The molecule has 1 aromatic heterocycles. The molecule has 0 spiro atoms. The van der Waals surface area contributed by atoms with Crippen molar-refractivity contribution in [3.8, 4) is 0 Å². The molecule has 88 valence electrons. The topological polar surface area (TPSA) is 45.4 Å². The number of rotatable bonds is 2. The van der Waals surface area contributed by atoms with Gasteiger partial charge in [-0.15, -0.1) is 0 Å². The third kappa shape index (κ3) is 2.33. The SMILES string of the molecule is CC1CN(c2ccc(CN)nc2)CCN1C. The second-order valence-electron chi connectivity index (χ2n) is 4.49. The van der Waals surface area contributed by atoms with Crippen LogP contribution in [-0.2, 0) is 6.54 Å². The van der Waals surface area contributed by atoms with Crippen LogP contribution in [0.25, 0.3) is 0 Å². The lowest BCUT2D eigenvalue weighted by Gasteiger charge is -2.38. The molecule has 0 bridgehead atoms. The van der Waals surface area contributed by atoms with Crippen LogP contribution in [0, 0.1) is 0 Å². The third-order valence-corrected chi connectivity index (χ3v) is 3.34. The van der Waals surface area contributed by atoms with Gasteiger partial charge in [0.1, 0.15) is 0 Å². The van der Waals surface area contributed by atoms with E-state index in [0.717, 1.165) is 25.3 Å². The molecule has 0 aliphatic carbocycles. The fourth-order valence-corrected chi connectivity index (χ4v) is 2.01. The zero-order valence-electron chi connectivity index (χ0n) is 10.1. The Morgan fingerprint density at radius 1 is 1.44 bits per heavy atom. The zero-order chi connectivity index (χ0) is 11.5. The van der Waals surface area contributed by atoms with Gasteiger partial charge in [0.2, 0.25) is 0 Å². The number of piperazine rings is 1. The average Bonchev–Trinajstić information content (AvgIpc) is 2.33. The maximum atomic E-state index is 5.54. The minimum absolute atomic E-state index is 0.513. The van der Waals surface area contributed by atoms with Gasteiger partial charge in [0.25, 0.3) is 0 Å². The van der Waals surface area contributed by atoms with Crippen LogP contribution in [0.5, 0.6) is 0 Å². The first-order chi connectivity index (χ1) is 7.70. The highest BCUT2D eigenvalue weighted by molar-refractivity contribution is 5.45. The summed E-state index contributed by atoms with van der Waals surface area (Å²) >= 11 is 0. The van der Waals surface area contributed by atoms with Gasteiger partial charge >= 0.3 is 0 Å². The molecule has 1 atom stereocenters. The Bertz CT molecular complexity index is 335. The Kier molecular flexibility index (Phi) is 3.41. The monoisotopic (exact) mass is 220 g/mol. The van der Waals surface area contributed by atoms with Crippen LogP contribution in [0.3, 0.4) is 0 Å². The molecule has 0 saturated carbocycles. The number of likely N-dealkylation sites (N-methyl/N-ethyl adjacent to an activating group) is 1. The highest BCUT2D eigenvalue weighted by atomic mass is 15.3. The average molecular weight is 220 g/mol. The Morgan fingerprint density at radius 3 is 2.81 bits per heavy atom. The molecule has 1 unspecified atom stereocenters. The van der Waals surface area contributed by atoms with Gasteiger partial charge in [-0.2, -0.15) is 0 Å². The van der Waals surface area contributed by atoms with Crippen molar-refractivity contribution in [2.75, 3.05) is 31.6 Å². The fourth-order valence-electron chi connectivity index (χ4n) is 2.01. The highest BCUT2D eigenvalue weighted by Crippen LogP contribution is 2.17. The molecule has 1 fully saturated rings. The van der Waals surface area contributed by atoms with E-state index in [9.17, 15) is 0 Å². The molecule has 2 rings (SSSR count). The van der Waals surface area contributed by atoms with Gasteiger partial charge in [-0.3, -0.25) is 4.98 Å². The normalized spacial score (nSPS) is 22.4. The second-order valence-corrected chi connectivity index (χ2v) is 4.49. The van der Waals surface area contributed by atoms with E-state index in [0.29, 0.717) is 12.6 Å². The van der Waals surface area contributed by atoms with Crippen LogP contribution in [0.4, 0.5) is 5.69 Å². The molecule has 4 nitrogen and oxygen atoms in total. The summed E-state index contributed by atoms with van der Waals surface area (Å²) < 4.78 is 0. The minimum atomic E-state index is 0.513. The number of hydrogen-bond donors (Lipinski definition) is 1. The number of hydrogen-bond acceptors (Lipinski definition) is 4. The van der Waals surface area contributed by atoms with E-state index in [1.165, 1.54) is 5.69 Å². The Balaban J connectivity index is 2.06. The first-order valence-electron chi connectivity index (χ1n) is 5.81. The molecule has 0 aromatic carbocycles. The molecule has 16 heavy (non-hydrogen) atoms. The van der Waals surface area contributed by atoms with Crippen LogP contribution in [0.1, 0.15) is 12.6 Å². The van der Waals surface area contributed by atoms with Crippen molar-refractivity contribution >= 4 is 5.69 Å². The zero-order valence-corrected chi connectivity index (χ0v) is 10.1. The molecule has 1 aliphatic rings. The van der Waals surface area contributed by atoms with Gasteiger partial charge < -0.3 is 15.5 Å². The first kappa shape index (κ1) is 11.4. The quantitative estimate of drug-likeness (QED) is 0.796. The van der Waals surface area contributed by atoms with Gasteiger partial charge in [-0.1, -0.05) is 0 Å². The largest absolute Gasteiger partial charge is 0.367 e. The molecule has 1 saturated heterocycles. The maximum absolute atomic E-state index is 5.54. The lowest BCUT2D eigenvalue weighted by molar-refractivity contribution is 0.234. The molecule has 2 heterocycles. The lowest BCUT2D eigenvalue weighted by Crippen LogP contribution is -2.50. The molecule has 0 amide bonds. The van der Waals surface area contributed by atoms with E-state index in [1.54, 1.807) is 0 Å². The van der Waals surface area contributed by atoms with E-state index in [-0.39, 0.29) is 0 Å². The highest BCUT2D eigenvalue weighted by Gasteiger charge is 2.20. The summed E-state index contributed by atoms with van der Waals surface area (Å²) in [6.07, 6.45) is 1.93. The van der Waals surface area contributed by atoms with E-state index in [2.05, 4.69) is 34.8 Å². The summed E-state index contributed by atoms with van der Waals surface area (Å²) in [5, 5.41) is 0. The van der Waals surface area contributed by atoms with E-state index in [4.69, 9.17) is 5.73 Å². The Morgan fingerprint density at radius 2 is 2.25 bits per heavy atom. The standard InChI is InChI=1S/C12H20N4/c1-10-9-16(6-5-15(10)2)12-4-3-11(7-13)14-8-12/h3-4,8,10H,5-7,9,13H2,1-2H3. The summed E-state index contributed by atoms with van der Waals surface area (Å²) in [6, 6.07) is 4.73. The van der Waals surface area contributed by atoms with E-state index in [1.807, 2.05) is 12.3 Å². The number of anilines is 1. The van der Waals surface area contributed by atoms with E-state index >= 15 is 0 Å². The lowest BCUT2D eigenvalue weighted by atomic mass is 10.2. The van der Waals surface area contributed by atoms with Crippen LogP contribution in [0.15, 0.2) is 18.3 Å². The van der Waals surface area contributed by atoms with E-state index < -0.39 is 0 Å². The van der Waals surface area contributed by atoms with Crippen molar-refractivity contribution in [3.05, 3.63) is 24.0 Å². The predicted molar refractivity (Wildman–Crippen MR) is 66.4 cm³/mol. The van der Waals surface area contributed by atoms with Crippen molar-refractivity contribution in [3.63, 3.8) is 0 Å². The number of nitrogens with zero attached hydrogens (tertiary/aromatic N) is 3. The second kappa shape index (κ2) is 4.80.